The van der Waals surface area contributed by atoms with Crippen molar-refractivity contribution in [2.24, 2.45) is 5.92 Å². The van der Waals surface area contributed by atoms with E-state index in [9.17, 15) is 18.0 Å². The molecule has 3 fully saturated rings. The second kappa shape index (κ2) is 9.43. The smallest absolute Gasteiger partial charge is 0.475 e. The molecule has 3 aliphatic rings. The molecule has 0 saturated carbocycles. The number of fused-ring (bicyclic) bond motifs is 1. The third-order valence-electron chi connectivity index (χ3n) is 5.18. The highest BCUT2D eigenvalue weighted by Crippen LogP contribution is 2.36. The molecule has 0 spiro atoms. The molecule has 4 rings (SSSR count). The van der Waals surface area contributed by atoms with Crippen LogP contribution in [0.5, 0.6) is 0 Å². The minimum atomic E-state index is -5.08. The SMILES string of the molecule is Cc1nnc(N2CC[C@H]3C[C@H](C(=O)N4CCOCC4)O[C@H]3C2)s1.O=C(O)C(F)(F)F. The summed E-state index contributed by atoms with van der Waals surface area (Å²) < 4.78 is 43.2. The third kappa shape index (κ3) is 5.58. The van der Waals surface area contributed by atoms with E-state index in [4.69, 9.17) is 19.4 Å². The summed E-state index contributed by atoms with van der Waals surface area (Å²) in [5.41, 5.74) is 0. The number of anilines is 1. The van der Waals surface area contributed by atoms with Crippen LogP contribution >= 0.6 is 11.3 Å². The number of nitrogens with zero attached hydrogens (tertiary/aromatic N) is 4. The van der Waals surface area contributed by atoms with Crippen molar-refractivity contribution in [3.05, 3.63) is 5.01 Å². The summed E-state index contributed by atoms with van der Waals surface area (Å²) in [5.74, 6) is -2.14. The number of aryl methyl sites for hydroxylation is 1. The molecule has 30 heavy (non-hydrogen) atoms. The minimum Gasteiger partial charge on any atom is -0.475 e. The largest absolute Gasteiger partial charge is 0.490 e. The molecule has 3 atom stereocenters. The van der Waals surface area contributed by atoms with Crippen molar-refractivity contribution in [2.45, 2.75) is 38.1 Å². The summed E-state index contributed by atoms with van der Waals surface area (Å²) in [5, 5.41) is 17.4. The standard InChI is InChI=1S/C15H22N4O3S.C2HF3O2/c1-10-16-17-15(23-10)19-3-2-11-8-12(22-13(11)9-19)14(20)18-4-6-21-7-5-18;3-2(4,5)1(6)7/h11-13H,2-9H2,1H3;(H,6,7)/t11-,12+,13-;/m0./s1. The summed E-state index contributed by atoms with van der Waals surface area (Å²) in [4.78, 5) is 25.6. The molecular formula is C17H23F3N4O5S. The first kappa shape index (κ1) is 22.7. The highest BCUT2D eigenvalue weighted by Gasteiger charge is 2.43. The highest BCUT2D eigenvalue weighted by atomic mass is 32.1. The molecule has 0 aliphatic carbocycles. The topological polar surface area (TPSA) is 105 Å². The molecule has 0 radical (unpaired) electrons. The van der Waals surface area contributed by atoms with Gasteiger partial charge in [0, 0.05) is 26.2 Å². The predicted molar refractivity (Wildman–Crippen MR) is 99.3 cm³/mol. The number of rotatable bonds is 2. The number of aliphatic carboxylic acids is 1. The summed E-state index contributed by atoms with van der Waals surface area (Å²) >= 11 is 1.62. The minimum absolute atomic E-state index is 0.128. The number of carboxylic acid groups (broad SMARTS) is 1. The fourth-order valence-electron chi connectivity index (χ4n) is 3.66. The van der Waals surface area contributed by atoms with Crippen LogP contribution in [0.15, 0.2) is 0 Å². The van der Waals surface area contributed by atoms with Crippen LogP contribution in [0, 0.1) is 12.8 Å². The lowest BCUT2D eigenvalue weighted by atomic mass is 9.92. The van der Waals surface area contributed by atoms with Gasteiger partial charge in [0.2, 0.25) is 5.13 Å². The monoisotopic (exact) mass is 452 g/mol. The second-order valence-electron chi connectivity index (χ2n) is 7.24. The van der Waals surface area contributed by atoms with E-state index < -0.39 is 12.1 Å². The van der Waals surface area contributed by atoms with Gasteiger partial charge in [-0.15, -0.1) is 10.2 Å². The fraction of sp³-hybridized carbons (Fsp3) is 0.765. The van der Waals surface area contributed by atoms with Crippen LogP contribution in [0.4, 0.5) is 18.3 Å². The number of aromatic nitrogens is 2. The van der Waals surface area contributed by atoms with Gasteiger partial charge >= 0.3 is 12.1 Å². The summed E-state index contributed by atoms with van der Waals surface area (Å²) in [6.07, 6.45) is -3.33. The lowest BCUT2D eigenvalue weighted by Crippen LogP contribution is -2.46. The number of piperidine rings is 1. The van der Waals surface area contributed by atoms with Crippen LogP contribution in [0.25, 0.3) is 0 Å². The average Bonchev–Trinajstić information content (AvgIpc) is 3.33. The Balaban J connectivity index is 0.000000318. The molecular weight excluding hydrogens is 429 g/mol. The van der Waals surface area contributed by atoms with E-state index in [-0.39, 0.29) is 18.1 Å². The van der Waals surface area contributed by atoms with Crippen molar-refractivity contribution >= 4 is 28.3 Å². The van der Waals surface area contributed by atoms with Gasteiger partial charge < -0.3 is 24.4 Å². The molecule has 0 unspecified atom stereocenters. The van der Waals surface area contributed by atoms with E-state index in [1.54, 1.807) is 11.3 Å². The van der Waals surface area contributed by atoms with E-state index in [0.29, 0.717) is 32.2 Å². The van der Waals surface area contributed by atoms with Crippen LogP contribution in [-0.2, 0) is 19.1 Å². The average molecular weight is 452 g/mol. The molecule has 13 heteroatoms. The number of alkyl halides is 3. The van der Waals surface area contributed by atoms with Gasteiger partial charge in [-0.3, -0.25) is 4.79 Å². The van der Waals surface area contributed by atoms with Crippen LogP contribution < -0.4 is 4.90 Å². The van der Waals surface area contributed by atoms with Crippen molar-refractivity contribution in [2.75, 3.05) is 44.3 Å². The van der Waals surface area contributed by atoms with Gasteiger partial charge in [0.05, 0.1) is 19.3 Å². The summed E-state index contributed by atoms with van der Waals surface area (Å²) in [6.45, 7) is 6.39. The third-order valence-corrected chi connectivity index (χ3v) is 6.08. The molecule has 0 bridgehead atoms. The van der Waals surface area contributed by atoms with Gasteiger partial charge in [0.15, 0.2) is 0 Å². The van der Waals surface area contributed by atoms with Crippen molar-refractivity contribution in [1.29, 1.82) is 0 Å². The number of carbonyl (C=O) groups is 2. The normalized spacial score (nSPS) is 26.6. The van der Waals surface area contributed by atoms with Crippen molar-refractivity contribution in [3.63, 3.8) is 0 Å². The number of ether oxygens (including phenoxy) is 2. The zero-order valence-corrected chi connectivity index (χ0v) is 17.1. The van der Waals surface area contributed by atoms with Crippen molar-refractivity contribution < 1.29 is 37.3 Å². The fourth-order valence-corrected chi connectivity index (χ4v) is 4.39. The van der Waals surface area contributed by atoms with Gasteiger partial charge in [-0.2, -0.15) is 13.2 Å². The molecule has 3 saturated heterocycles. The zero-order chi connectivity index (χ0) is 21.9. The van der Waals surface area contributed by atoms with E-state index >= 15 is 0 Å². The first-order chi connectivity index (χ1) is 14.1. The molecule has 168 valence electrons. The quantitative estimate of drug-likeness (QED) is 0.717. The Morgan fingerprint density at radius 3 is 2.43 bits per heavy atom. The number of amides is 1. The van der Waals surface area contributed by atoms with E-state index in [1.807, 2.05) is 11.8 Å². The molecule has 1 N–H and O–H groups in total. The summed E-state index contributed by atoms with van der Waals surface area (Å²) in [7, 11) is 0. The number of carboxylic acids is 1. The Bertz CT molecular complexity index is 756. The molecule has 3 aliphatic heterocycles. The van der Waals surface area contributed by atoms with Gasteiger partial charge in [-0.25, -0.2) is 4.79 Å². The van der Waals surface area contributed by atoms with Gasteiger partial charge in [0.1, 0.15) is 11.1 Å². The zero-order valence-electron chi connectivity index (χ0n) is 16.3. The van der Waals surface area contributed by atoms with Crippen molar-refractivity contribution in [3.8, 4) is 0 Å². The number of morpholine rings is 1. The van der Waals surface area contributed by atoms with Gasteiger partial charge in [-0.05, 0) is 25.7 Å². The molecule has 4 heterocycles. The van der Waals surface area contributed by atoms with Crippen LogP contribution in [0.2, 0.25) is 0 Å². The first-order valence-corrected chi connectivity index (χ1v) is 10.3. The number of halogens is 3. The second-order valence-corrected chi connectivity index (χ2v) is 8.40. The number of hydrogen-bond acceptors (Lipinski definition) is 8. The lowest BCUT2D eigenvalue weighted by Gasteiger charge is -2.33. The molecule has 1 amide bonds. The molecule has 1 aromatic rings. The van der Waals surface area contributed by atoms with Crippen molar-refractivity contribution in [1.82, 2.24) is 15.1 Å². The number of carbonyl (C=O) groups excluding carboxylic acids is 1. The van der Waals surface area contributed by atoms with Crippen LogP contribution in [0.3, 0.4) is 0 Å². The predicted octanol–water partition coefficient (Wildman–Crippen LogP) is 1.32. The highest BCUT2D eigenvalue weighted by molar-refractivity contribution is 7.15. The van der Waals surface area contributed by atoms with E-state index in [2.05, 4.69) is 15.1 Å². The van der Waals surface area contributed by atoms with E-state index in [0.717, 1.165) is 36.1 Å². The maximum Gasteiger partial charge on any atom is 0.490 e. The summed E-state index contributed by atoms with van der Waals surface area (Å²) in [6, 6.07) is 0. The Morgan fingerprint density at radius 1 is 1.20 bits per heavy atom. The van der Waals surface area contributed by atoms with E-state index in [1.165, 1.54) is 0 Å². The Morgan fingerprint density at radius 2 is 1.87 bits per heavy atom. The van der Waals surface area contributed by atoms with Crippen LogP contribution in [0.1, 0.15) is 17.8 Å². The molecule has 0 aromatic carbocycles. The Hall–Kier alpha value is -1.99. The molecule has 1 aromatic heterocycles. The van der Waals surface area contributed by atoms with Gasteiger partial charge in [-0.1, -0.05) is 11.3 Å². The maximum absolute atomic E-state index is 12.6. The molecule has 9 nitrogen and oxygen atoms in total. The first-order valence-electron chi connectivity index (χ1n) is 9.52. The Labute approximate surface area is 174 Å². The lowest BCUT2D eigenvalue weighted by molar-refractivity contribution is -0.192. The maximum atomic E-state index is 12.6. The van der Waals surface area contributed by atoms with Crippen LogP contribution in [-0.4, -0.2) is 89.9 Å². The Kier molecular flexibility index (Phi) is 7.14. The number of hydrogen-bond donors (Lipinski definition) is 1. The van der Waals surface area contributed by atoms with Gasteiger partial charge in [0.25, 0.3) is 5.91 Å².